The summed E-state index contributed by atoms with van der Waals surface area (Å²) in [6, 6.07) is 7.82. The molecule has 1 aromatic rings. The van der Waals surface area contributed by atoms with Crippen LogP contribution in [-0.2, 0) is 0 Å². The molecule has 0 unspecified atom stereocenters. The van der Waals surface area contributed by atoms with Crippen LogP contribution in [0.4, 0.5) is 10.5 Å². The Morgan fingerprint density at radius 1 is 1.47 bits per heavy atom. The smallest absolute Gasteiger partial charge is 0.407 e. The van der Waals surface area contributed by atoms with Gasteiger partial charge in [-0.25, -0.2) is 4.79 Å². The summed E-state index contributed by atoms with van der Waals surface area (Å²) in [6.07, 6.45) is -0.845. The fraction of sp³-hybridized carbons (Fsp3) is 0.417. The Kier molecular flexibility index (Phi) is 3.43. The number of amides is 1. The van der Waals surface area contributed by atoms with Crippen molar-refractivity contribution in [1.82, 2.24) is 4.90 Å². The number of hydrogen-bond acceptors (Lipinski definition) is 2. The summed E-state index contributed by atoms with van der Waals surface area (Å²) in [5.74, 6) is 0. The van der Waals surface area contributed by atoms with E-state index in [-0.39, 0.29) is 6.04 Å². The van der Waals surface area contributed by atoms with E-state index in [1.54, 1.807) is 0 Å². The van der Waals surface area contributed by atoms with Crippen molar-refractivity contribution in [1.29, 1.82) is 0 Å². The minimum absolute atomic E-state index is 0.165. The van der Waals surface area contributed by atoms with Gasteiger partial charge in [-0.3, -0.25) is 0 Å². The van der Waals surface area contributed by atoms with E-state index in [2.05, 4.69) is 4.90 Å². The molecule has 4 nitrogen and oxygen atoms in total. The van der Waals surface area contributed by atoms with E-state index in [4.69, 9.17) is 16.7 Å². The van der Waals surface area contributed by atoms with Gasteiger partial charge in [-0.2, -0.15) is 0 Å². The van der Waals surface area contributed by atoms with Crippen LogP contribution in [0.1, 0.15) is 6.92 Å². The summed E-state index contributed by atoms with van der Waals surface area (Å²) < 4.78 is 0. The van der Waals surface area contributed by atoms with Crippen LogP contribution in [0.2, 0.25) is 5.02 Å². The van der Waals surface area contributed by atoms with Crippen LogP contribution in [0.25, 0.3) is 0 Å². The summed E-state index contributed by atoms with van der Waals surface area (Å²) in [5, 5.41) is 9.65. The van der Waals surface area contributed by atoms with Gasteiger partial charge in [0.05, 0.1) is 0 Å². The van der Waals surface area contributed by atoms with Crippen molar-refractivity contribution in [2.45, 2.75) is 13.0 Å². The Labute approximate surface area is 105 Å². The molecular weight excluding hydrogens is 240 g/mol. The molecule has 1 fully saturated rings. The van der Waals surface area contributed by atoms with Crippen molar-refractivity contribution in [2.24, 2.45) is 0 Å². The maximum absolute atomic E-state index is 10.9. The molecule has 0 bridgehead atoms. The maximum Gasteiger partial charge on any atom is 0.407 e. The third-order valence-corrected chi connectivity index (χ3v) is 3.27. The first kappa shape index (κ1) is 12.0. The Bertz CT molecular complexity index is 425. The van der Waals surface area contributed by atoms with E-state index < -0.39 is 6.09 Å². The number of carboxylic acid groups (broad SMARTS) is 1. The van der Waals surface area contributed by atoms with Gasteiger partial charge in [-0.05, 0) is 25.1 Å². The molecule has 1 heterocycles. The standard InChI is InChI=1S/C12H15ClN2O2/c1-9-8-14(12(16)17)5-6-15(9)11-4-2-3-10(13)7-11/h2-4,7,9H,5-6,8H2,1H3,(H,16,17)/t9-/m0/s1. The van der Waals surface area contributed by atoms with Crippen LogP contribution in [0.15, 0.2) is 24.3 Å². The number of anilines is 1. The van der Waals surface area contributed by atoms with Gasteiger partial charge in [-0.15, -0.1) is 0 Å². The molecule has 1 N–H and O–H groups in total. The largest absolute Gasteiger partial charge is 0.465 e. The average Bonchev–Trinajstić information content (AvgIpc) is 2.28. The number of halogens is 1. The predicted octanol–water partition coefficient (Wildman–Crippen LogP) is 2.53. The van der Waals surface area contributed by atoms with E-state index >= 15 is 0 Å². The number of benzene rings is 1. The van der Waals surface area contributed by atoms with Crippen molar-refractivity contribution < 1.29 is 9.90 Å². The molecular formula is C12H15ClN2O2. The Morgan fingerprint density at radius 3 is 2.82 bits per heavy atom. The van der Waals surface area contributed by atoms with Gasteiger partial charge in [0.2, 0.25) is 0 Å². The first-order chi connectivity index (χ1) is 8.08. The van der Waals surface area contributed by atoms with Crippen molar-refractivity contribution in [2.75, 3.05) is 24.5 Å². The van der Waals surface area contributed by atoms with Gasteiger partial charge in [0.25, 0.3) is 0 Å². The lowest BCUT2D eigenvalue weighted by Crippen LogP contribution is -2.53. The molecule has 1 aromatic carbocycles. The minimum atomic E-state index is -0.845. The van der Waals surface area contributed by atoms with E-state index in [1.165, 1.54) is 4.90 Å². The first-order valence-corrected chi connectivity index (χ1v) is 5.96. The number of carbonyl (C=O) groups is 1. The van der Waals surface area contributed by atoms with Crippen LogP contribution in [-0.4, -0.2) is 41.8 Å². The highest BCUT2D eigenvalue weighted by atomic mass is 35.5. The second kappa shape index (κ2) is 4.84. The predicted molar refractivity (Wildman–Crippen MR) is 67.9 cm³/mol. The lowest BCUT2D eigenvalue weighted by Gasteiger charge is -2.40. The Morgan fingerprint density at radius 2 is 2.24 bits per heavy atom. The average molecular weight is 255 g/mol. The van der Waals surface area contributed by atoms with Crippen molar-refractivity contribution in [3.63, 3.8) is 0 Å². The number of nitrogens with zero attached hydrogens (tertiary/aromatic N) is 2. The second-order valence-corrected chi connectivity index (χ2v) is 4.69. The molecule has 17 heavy (non-hydrogen) atoms. The second-order valence-electron chi connectivity index (χ2n) is 4.25. The van der Waals surface area contributed by atoms with Crippen LogP contribution >= 0.6 is 11.6 Å². The van der Waals surface area contributed by atoms with Gasteiger partial charge < -0.3 is 14.9 Å². The lowest BCUT2D eigenvalue weighted by atomic mass is 10.1. The third kappa shape index (κ3) is 2.64. The first-order valence-electron chi connectivity index (χ1n) is 5.58. The zero-order valence-electron chi connectivity index (χ0n) is 9.64. The van der Waals surface area contributed by atoms with E-state index in [1.807, 2.05) is 31.2 Å². The van der Waals surface area contributed by atoms with Crippen LogP contribution < -0.4 is 4.90 Å². The van der Waals surface area contributed by atoms with E-state index in [0.29, 0.717) is 24.7 Å². The molecule has 0 saturated carbocycles. The molecule has 1 aliphatic heterocycles. The molecule has 92 valence electrons. The molecule has 1 amide bonds. The highest BCUT2D eigenvalue weighted by molar-refractivity contribution is 6.30. The summed E-state index contributed by atoms with van der Waals surface area (Å²) in [7, 11) is 0. The summed E-state index contributed by atoms with van der Waals surface area (Å²) in [6.45, 7) is 3.79. The SMILES string of the molecule is C[C@H]1CN(C(=O)O)CCN1c1cccc(Cl)c1. The van der Waals surface area contributed by atoms with Crippen LogP contribution in [0, 0.1) is 0 Å². The molecule has 1 saturated heterocycles. The zero-order valence-corrected chi connectivity index (χ0v) is 10.4. The fourth-order valence-electron chi connectivity index (χ4n) is 2.17. The van der Waals surface area contributed by atoms with Gasteiger partial charge in [-0.1, -0.05) is 17.7 Å². The highest BCUT2D eigenvalue weighted by Crippen LogP contribution is 2.23. The molecule has 1 atom stereocenters. The normalized spacial score (nSPS) is 20.5. The third-order valence-electron chi connectivity index (χ3n) is 3.04. The number of piperazine rings is 1. The molecule has 5 heteroatoms. The Balaban J connectivity index is 2.12. The highest BCUT2D eigenvalue weighted by Gasteiger charge is 2.26. The lowest BCUT2D eigenvalue weighted by molar-refractivity contribution is 0.136. The minimum Gasteiger partial charge on any atom is -0.465 e. The fourth-order valence-corrected chi connectivity index (χ4v) is 2.35. The van der Waals surface area contributed by atoms with Crippen molar-refractivity contribution >= 4 is 23.4 Å². The number of hydrogen-bond donors (Lipinski definition) is 1. The van der Waals surface area contributed by atoms with Crippen LogP contribution in [0.5, 0.6) is 0 Å². The van der Waals surface area contributed by atoms with Gasteiger partial charge in [0.15, 0.2) is 0 Å². The van der Waals surface area contributed by atoms with E-state index in [0.717, 1.165) is 5.69 Å². The summed E-state index contributed by atoms with van der Waals surface area (Å²) >= 11 is 5.96. The molecule has 0 spiro atoms. The monoisotopic (exact) mass is 254 g/mol. The molecule has 1 aliphatic rings. The van der Waals surface area contributed by atoms with Crippen LogP contribution in [0.3, 0.4) is 0 Å². The topological polar surface area (TPSA) is 43.8 Å². The summed E-state index contributed by atoms with van der Waals surface area (Å²) in [4.78, 5) is 14.5. The molecule has 0 radical (unpaired) electrons. The van der Waals surface area contributed by atoms with Gasteiger partial charge in [0.1, 0.15) is 0 Å². The van der Waals surface area contributed by atoms with Gasteiger partial charge >= 0.3 is 6.09 Å². The zero-order chi connectivity index (χ0) is 12.4. The molecule has 2 rings (SSSR count). The van der Waals surface area contributed by atoms with E-state index in [9.17, 15) is 4.79 Å². The molecule has 0 aromatic heterocycles. The van der Waals surface area contributed by atoms with Crippen molar-refractivity contribution in [3.8, 4) is 0 Å². The Hall–Kier alpha value is -1.42. The summed E-state index contributed by atoms with van der Waals surface area (Å²) in [5.41, 5.74) is 1.05. The quantitative estimate of drug-likeness (QED) is 0.838. The number of rotatable bonds is 1. The van der Waals surface area contributed by atoms with Gasteiger partial charge in [0, 0.05) is 36.4 Å². The molecule has 0 aliphatic carbocycles. The maximum atomic E-state index is 10.9. The van der Waals surface area contributed by atoms with Crippen molar-refractivity contribution in [3.05, 3.63) is 29.3 Å².